The number of aromatic amines is 1. The summed E-state index contributed by atoms with van der Waals surface area (Å²) in [6, 6.07) is 2.66. The summed E-state index contributed by atoms with van der Waals surface area (Å²) in [7, 11) is 0. The summed E-state index contributed by atoms with van der Waals surface area (Å²) < 4.78 is 0. The van der Waals surface area contributed by atoms with E-state index >= 15 is 0 Å². The Morgan fingerprint density at radius 3 is 2.60 bits per heavy atom. The molecule has 0 spiro atoms. The highest BCUT2D eigenvalue weighted by atomic mass is 16.2. The summed E-state index contributed by atoms with van der Waals surface area (Å²) in [6.07, 6.45) is 7.96. The average Bonchev–Trinajstić information content (AvgIpc) is 3.30. The Kier molecular flexibility index (Phi) is 4.74. The van der Waals surface area contributed by atoms with Crippen molar-refractivity contribution >= 4 is 11.8 Å². The zero-order valence-corrected chi connectivity index (χ0v) is 14.6. The molecule has 4 rings (SSSR count). The highest BCUT2D eigenvalue weighted by Crippen LogP contribution is 2.26. The molecule has 25 heavy (non-hydrogen) atoms. The predicted octanol–water partition coefficient (Wildman–Crippen LogP) is 1.00. The van der Waals surface area contributed by atoms with E-state index in [-0.39, 0.29) is 17.7 Å². The first-order valence-corrected chi connectivity index (χ1v) is 9.54. The number of H-pyrrole nitrogens is 1. The molecule has 0 radical (unpaired) electrons. The summed E-state index contributed by atoms with van der Waals surface area (Å²) in [5.74, 6) is 0.425. The number of carbonyl (C=O) groups excluding carboxylic acids is 2. The van der Waals surface area contributed by atoms with Crippen LogP contribution in [0.5, 0.6) is 0 Å². The van der Waals surface area contributed by atoms with Gasteiger partial charge in [0.25, 0.3) is 5.91 Å². The highest BCUT2D eigenvalue weighted by molar-refractivity contribution is 5.92. The first-order valence-electron chi connectivity index (χ1n) is 9.54. The van der Waals surface area contributed by atoms with Gasteiger partial charge in [-0.25, -0.2) is 0 Å². The number of carbonyl (C=O) groups is 2. The van der Waals surface area contributed by atoms with E-state index in [9.17, 15) is 9.59 Å². The summed E-state index contributed by atoms with van der Waals surface area (Å²) in [4.78, 5) is 29.1. The molecule has 1 atom stereocenters. The number of nitrogens with one attached hydrogen (secondary N) is 2. The van der Waals surface area contributed by atoms with Crippen LogP contribution in [0.4, 0.5) is 0 Å². The lowest BCUT2D eigenvalue weighted by Gasteiger charge is -2.42. The van der Waals surface area contributed by atoms with Gasteiger partial charge in [0.15, 0.2) is 0 Å². The number of hydrogen-bond acceptors (Lipinski definition) is 4. The van der Waals surface area contributed by atoms with Crippen LogP contribution in [-0.4, -0.2) is 70.1 Å². The van der Waals surface area contributed by atoms with Gasteiger partial charge in [0.2, 0.25) is 5.91 Å². The van der Waals surface area contributed by atoms with E-state index in [0.29, 0.717) is 17.8 Å². The van der Waals surface area contributed by atoms with Crippen molar-refractivity contribution in [3.05, 3.63) is 18.0 Å². The maximum Gasteiger partial charge on any atom is 0.271 e. The molecule has 1 aromatic rings. The topological polar surface area (TPSA) is 81.3 Å². The molecule has 136 valence electrons. The number of piperidine rings is 2. The van der Waals surface area contributed by atoms with E-state index < -0.39 is 0 Å². The van der Waals surface area contributed by atoms with Gasteiger partial charge in [0.05, 0.1) is 5.92 Å². The number of rotatable bonds is 4. The minimum atomic E-state index is 0.0382. The smallest absolute Gasteiger partial charge is 0.271 e. The van der Waals surface area contributed by atoms with Crippen molar-refractivity contribution in [2.75, 3.05) is 26.2 Å². The quantitative estimate of drug-likeness (QED) is 0.853. The van der Waals surface area contributed by atoms with Crippen LogP contribution in [0, 0.1) is 5.92 Å². The van der Waals surface area contributed by atoms with Gasteiger partial charge in [-0.2, -0.15) is 5.10 Å². The maximum absolute atomic E-state index is 12.4. The second kappa shape index (κ2) is 7.15. The largest absolute Gasteiger partial charge is 0.353 e. The van der Waals surface area contributed by atoms with Crippen LogP contribution < -0.4 is 5.32 Å². The molecule has 2 saturated heterocycles. The average molecular weight is 345 g/mol. The predicted molar refractivity (Wildman–Crippen MR) is 93.0 cm³/mol. The monoisotopic (exact) mass is 345 g/mol. The molecule has 7 nitrogen and oxygen atoms in total. The van der Waals surface area contributed by atoms with Crippen LogP contribution >= 0.6 is 0 Å². The lowest BCUT2D eigenvalue weighted by molar-refractivity contribution is -0.127. The minimum Gasteiger partial charge on any atom is -0.353 e. The number of amides is 2. The van der Waals surface area contributed by atoms with Gasteiger partial charge < -0.3 is 10.2 Å². The lowest BCUT2D eigenvalue weighted by atomic mass is 9.93. The normalized spacial score (nSPS) is 25.8. The van der Waals surface area contributed by atoms with Gasteiger partial charge in [-0.1, -0.05) is 0 Å². The third-order valence-corrected chi connectivity index (χ3v) is 5.75. The second-order valence-electron chi connectivity index (χ2n) is 7.61. The zero-order chi connectivity index (χ0) is 17.2. The van der Waals surface area contributed by atoms with Crippen molar-refractivity contribution < 1.29 is 9.59 Å². The number of hydrogen-bond donors (Lipinski definition) is 2. The van der Waals surface area contributed by atoms with Gasteiger partial charge >= 0.3 is 0 Å². The van der Waals surface area contributed by atoms with Crippen molar-refractivity contribution in [2.45, 2.75) is 50.6 Å². The van der Waals surface area contributed by atoms with Crippen molar-refractivity contribution in [1.29, 1.82) is 0 Å². The van der Waals surface area contributed by atoms with Crippen molar-refractivity contribution in [1.82, 2.24) is 25.3 Å². The summed E-state index contributed by atoms with van der Waals surface area (Å²) in [5.41, 5.74) is 0.563. The molecule has 7 heteroatoms. The van der Waals surface area contributed by atoms with Crippen LogP contribution in [0.1, 0.15) is 49.0 Å². The molecule has 3 aliphatic rings. The number of nitrogens with zero attached hydrogens (tertiary/aromatic N) is 3. The van der Waals surface area contributed by atoms with Crippen LogP contribution in [0.25, 0.3) is 0 Å². The fourth-order valence-electron chi connectivity index (χ4n) is 4.08. The molecule has 0 unspecified atom stereocenters. The van der Waals surface area contributed by atoms with E-state index in [2.05, 4.69) is 20.4 Å². The minimum absolute atomic E-state index is 0.0382. The Labute approximate surface area is 148 Å². The molecule has 2 aliphatic heterocycles. The highest BCUT2D eigenvalue weighted by Gasteiger charge is 2.34. The van der Waals surface area contributed by atoms with E-state index in [1.807, 2.05) is 4.90 Å². The SMILES string of the molecule is O=C(NC1CC1)[C@H]1CCCN(C2CCN(C(=O)c3ccn[nH]3)CC2)C1. The van der Waals surface area contributed by atoms with Crippen LogP contribution in [0.2, 0.25) is 0 Å². The first kappa shape index (κ1) is 16.6. The molecule has 1 aliphatic carbocycles. The van der Waals surface area contributed by atoms with Crippen LogP contribution in [0.3, 0.4) is 0 Å². The van der Waals surface area contributed by atoms with Crippen LogP contribution in [0.15, 0.2) is 12.3 Å². The first-order chi connectivity index (χ1) is 12.2. The van der Waals surface area contributed by atoms with Gasteiger partial charge in [0.1, 0.15) is 5.69 Å². The molecular weight excluding hydrogens is 318 g/mol. The Morgan fingerprint density at radius 2 is 1.92 bits per heavy atom. The molecule has 3 fully saturated rings. The van der Waals surface area contributed by atoms with Crippen molar-refractivity contribution in [3.8, 4) is 0 Å². The maximum atomic E-state index is 12.4. The van der Waals surface area contributed by atoms with E-state index in [4.69, 9.17) is 0 Å². The standard InChI is InChI=1S/C18H27N5O2/c24-17(20-14-3-4-14)13-2-1-9-23(12-13)15-6-10-22(11-7-15)18(25)16-5-8-19-21-16/h5,8,13-15H,1-4,6-7,9-12H2,(H,19,21)(H,20,24)/t13-/m0/s1. The number of aromatic nitrogens is 2. The molecule has 2 amide bonds. The Balaban J connectivity index is 1.28. The third-order valence-electron chi connectivity index (χ3n) is 5.75. The fourth-order valence-corrected chi connectivity index (χ4v) is 4.08. The second-order valence-corrected chi connectivity index (χ2v) is 7.61. The van der Waals surface area contributed by atoms with E-state index in [1.54, 1.807) is 12.3 Å². The summed E-state index contributed by atoms with van der Waals surface area (Å²) in [6.45, 7) is 3.50. The Morgan fingerprint density at radius 1 is 1.12 bits per heavy atom. The molecule has 1 aromatic heterocycles. The summed E-state index contributed by atoms with van der Waals surface area (Å²) in [5, 5.41) is 9.77. The molecule has 0 aromatic carbocycles. The fraction of sp³-hybridized carbons (Fsp3) is 0.722. The van der Waals surface area contributed by atoms with Gasteiger partial charge in [-0.15, -0.1) is 0 Å². The molecule has 3 heterocycles. The zero-order valence-electron chi connectivity index (χ0n) is 14.6. The van der Waals surface area contributed by atoms with Gasteiger partial charge in [0, 0.05) is 37.9 Å². The van der Waals surface area contributed by atoms with E-state index in [1.165, 1.54) is 0 Å². The lowest BCUT2D eigenvalue weighted by Crippen LogP contribution is -2.51. The summed E-state index contributed by atoms with van der Waals surface area (Å²) >= 11 is 0. The van der Waals surface area contributed by atoms with Gasteiger partial charge in [-0.05, 0) is 51.1 Å². The van der Waals surface area contributed by atoms with E-state index in [0.717, 1.165) is 64.7 Å². The van der Waals surface area contributed by atoms with Crippen molar-refractivity contribution in [2.24, 2.45) is 5.92 Å². The number of likely N-dealkylation sites (tertiary alicyclic amines) is 2. The molecule has 2 N–H and O–H groups in total. The molecule has 0 bridgehead atoms. The third kappa shape index (κ3) is 3.86. The van der Waals surface area contributed by atoms with Crippen molar-refractivity contribution in [3.63, 3.8) is 0 Å². The Hall–Kier alpha value is -1.89. The molecular formula is C18H27N5O2. The molecule has 1 saturated carbocycles. The Bertz CT molecular complexity index is 605. The van der Waals surface area contributed by atoms with Gasteiger partial charge in [-0.3, -0.25) is 19.6 Å². The van der Waals surface area contributed by atoms with Crippen LogP contribution in [-0.2, 0) is 4.79 Å².